The molecule has 0 aliphatic heterocycles. The lowest BCUT2D eigenvalue weighted by Gasteiger charge is -2.28. The van der Waals surface area contributed by atoms with Crippen LogP contribution in [-0.2, 0) is 23.9 Å². The van der Waals surface area contributed by atoms with E-state index in [4.69, 9.17) is 9.84 Å². The minimum absolute atomic E-state index is 0.0680. The van der Waals surface area contributed by atoms with Crippen molar-refractivity contribution in [1.29, 1.82) is 0 Å². The zero-order chi connectivity index (χ0) is 18.2. The molecular formula is C16H28NO6+. The van der Waals surface area contributed by atoms with Crippen molar-refractivity contribution in [3.05, 3.63) is 0 Å². The van der Waals surface area contributed by atoms with Gasteiger partial charge in [-0.2, -0.15) is 0 Å². The maximum absolute atomic E-state index is 11.8. The van der Waals surface area contributed by atoms with E-state index in [1.54, 1.807) is 13.8 Å². The van der Waals surface area contributed by atoms with E-state index in [0.29, 0.717) is 11.0 Å². The monoisotopic (exact) mass is 330 g/mol. The zero-order valence-corrected chi connectivity index (χ0v) is 14.6. The molecule has 0 spiro atoms. The number of carboxylic acid groups (broad SMARTS) is 1. The van der Waals surface area contributed by atoms with Gasteiger partial charge in [0.05, 0.1) is 40.4 Å². The fourth-order valence-electron chi connectivity index (χ4n) is 1.92. The molecule has 0 unspecified atom stereocenters. The van der Waals surface area contributed by atoms with Gasteiger partial charge in [-0.3, -0.25) is 19.2 Å². The first kappa shape index (κ1) is 21.2. The number of ketones is 2. The van der Waals surface area contributed by atoms with Crippen LogP contribution in [0.15, 0.2) is 0 Å². The Balaban J connectivity index is 4.39. The van der Waals surface area contributed by atoms with Crippen LogP contribution in [0.2, 0.25) is 0 Å². The maximum atomic E-state index is 11.8. The lowest BCUT2D eigenvalue weighted by Crippen LogP contribution is -2.43. The molecule has 7 heteroatoms. The van der Waals surface area contributed by atoms with Gasteiger partial charge in [-0.05, 0) is 0 Å². The highest BCUT2D eigenvalue weighted by atomic mass is 16.5. The zero-order valence-electron chi connectivity index (χ0n) is 14.6. The van der Waals surface area contributed by atoms with E-state index < -0.39 is 18.0 Å². The van der Waals surface area contributed by atoms with Crippen LogP contribution in [0.5, 0.6) is 0 Å². The number of quaternary nitrogens is 1. The van der Waals surface area contributed by atoms with E-state index in [-0.39, 0.29) is 43.2 Å². The normalized spacial score (nSPS) is 12.8. The third-order valence-electron chi connectivity index (χ3n) is 3.08. The van der Waals surface area contributed by atoms with Gasteiger partial charge in [0.15, 0.2) is 6.10 Å². The summed E-state index contributed by atoms with van der Waals surface area (Å²) in [5.74, 6) is -2.33. The lowest BCUT2D eigenvalue weighted by molar-refractivity contribution is -0.873. The Morgan fingerprint density at radius 2 is 1.61 bits per heavy atom. The fourth-order valence-corrected chi connectivity index (χ4v) is 1.92. The number of hydrogen-bond acceptors (Lipinski definition) is 5. The Labute approximate surface area is 137 Å². The van der Waals surface area contributed by atoms with Crippen molar-refractivity contribution in [2.45, 2.75) is 45.6 Å². The molecule has 0 radical (unpaired) electrons. The fraction of sp³-hybridized carbons (Fsp3) is 0.750. The van der Waals surface area contributed by atoms with Gasteiger partial charge in [0, 0.05) is 12.3 Å². The second kappa shape index (κ2) is 9.39. The summed E-state index contributed by atoms with van der Waals surface area (Å²) in [7, 11) is 5.59. The molecule has 0 fully saturated rings. The highest BCUT2D eigenvalue weighted by molar-refractivity contribution is 6.00. The van der Waals surface area contributed by atoms with E-state index in [1.807, 2.05) is 21.1 Å². The van der Waals surface area contributed by atoms with Gasteiger partial charge in [0.25, 0.3) is 0 Å². The van der Waals surface area contributed by atoms with Crippen molar-refractivity contribution >= 4 is 23.5 Å². The van der Waals surface area contributed by atoms with Crippen LogP contribution >= 0.6 is 0 Å². The molecule has 0 heterocycles. The van der Waals surface area contributed by atoms with Gasteiger partial charge in [0.1, 0.15) is 18.1 Å². The first-order valence-electron chi connectivity index (χ1n) is 7.67. The van der Waals surface area contributed by atoms with E-state index in [2.05, 4.69) is 0 Å². The molecule has 0 aromatic heterocycles. The van der Waals surface area contributed by atoms with Gasteiger partial charge in [-0.15, -0.1) is 0 Å². The number of carbonyl (C=O) groups is 4. The number of carbonyl (C=O) groups excluding carboxylic acids is 3. The van der Waals surface area contributed by atoms with Crippen LogP contribution in [0.1, 0.15) is 39.5 Å². The molecular weight excluding hydrogens is 302 g/mol. The summed E-state index contributed by atoms with van der Waals surface area (Å²) in [4.78, 5) is 45.7. The van der Waals surface area contributed by atoms with Crippen LogP contribution in [0.4, 0.5) is 0 Å². The SMILES string of the molecule is CC(C)C(=O)CC(=O)CCC(=O)O[C@@H](CC(=O)O)C[N+](C)(C)C. The van der Waals surface area contributed by atoms with Gasteiger partial charge in [-0.1, -0.05) is 13.8 Å². The number of ether oxygens (including phenoxy) is 1. The number of nitrogens with zero attached hydrogens (tertiary/aromatic N) is 1. The summed E-state index contributed by atoms with van der Waals surface area (Å²) in [6.45, 7) is 3.79. The number of esters is 1. The average molecular weight is 330 g/mol. The summed E-state index contributed by atoms with van der Waals surface area (Å²) in [5, 5.41) is 8.87. The van der Waals surface area contributed by atoms with Crippen molar-refractivity contribution in [1.82, 2.24) is 0 Å². The third-order valence-corrected chi connectivity index (χ3v) is 3.08. The lowest BCUT2D eigenvalue weighted by atomic mass is 10.0. The summed E-state index contributed by atoms with van der Waals surface area (Å²) in [6.07, 6.45) is -1.41. The topological polar surface area (TPSA) is 97.7 Å². The predicted molar refractivity (Wildman–Crippen MR) is 83.7 cm³/mol. The van der Waals surface area contributed by atoms with Crippen LogP contribution < -0.4 is 0 Å². The predicted octanol–water partition coefficient (Wildman–Crippen LogP) is 1.04. The van der Waals surface area contributed by atoms with Gasteiger partial charge >= 0.3 is 11.9 Å². The molecule has 0 bridgehead atoms. The summed E-state index contributed by atoms with van der Waals surface area (Å²) < 4.78 is 5.62. The molecule has 1 atom stereocenters. The Bertz CT molecular complexity index is 450. The van der Waals surface area contributed by atoms with Gasteiger partial charge < -0.3 is 14.3 Å². The first-order valence-corrected chi connectivity index (χ1v) is 7.67. The van der Waals surface area contributed by atoms with Crippen molar-refractivity contribution in [3.8, 4) is 0 Å². The molecule has 1 N–H and O–H groups in total. The Hall–Kier alpha value is -1.76. The minimum atomic E-state index is -1.05. The molecule has 7 nitrogen and oxygen atoms in total. The van der Waals surface area contributed by atoms with E-state index >= 15 is 0 Å². The number of rotatable bonds is 11. The van der Waals surface area contributed by atoms with E-state index in [9.17, 15) is 19.2 Å². The molecule has 0 saturated carbocycles. The second-order valence-electron chi connectivity index (χ2n) is 7.02. The van der Waals surface area contributed by atoms with E-state index in [0.717, 1.165) is 0 Å². The molecule has 0 saturated heterocycles. The van der Waals surface area contributed by atoms with Crippen molar-refractivity contribution in [2.24, 2.45) is 5.92 Å². The molecule has 132 valence electrons. The van der Waals surface area contributed by atoms with Crippen LogP contribution in [-0.4, -0.2) is 66.9 Å². The highest BCUT2D eigenvalue weighted by Gasteiger charge is 2.25. The third kappa shape index (κ3) is 11.5. The molecule has 0 aromatic carbocycles. The smallest absolute Gasteiger partial charge is 0.307 e. The molecule has 0 amide bonds. The Kier molecular flexibility index (Phi) is 8.68. The number of aliphatic carboxylic acids is 1. The Morgan fingerprint density at radius 1 is 1.04 bits per heavy atom. The van der Waals surface area contributed by atoms with Crippen molar-refractivity contribution in [2.75, 3.05) is 27.7 Å². The molecule has 0 aromatic rings. The molecule has 23 heavy (non-hydrogen) atoms. The first-order chi connectivity index (χ1) is 10.4. The summed E-state index contributed by atoms with van der Waals surface area (Å²) >= 11 is 0. The van der Waals surface area contributed by atoms with Gasteiger partial charge in [-0.25, -0.2) is 0 Å². The van der Waals surface area contributed by atoms with E-state index in [1.165, 1.54) is 0 Å². The largest absolute Gasteiger partial charge is 0.481 e. The van der Waals surface area contributed by atoms with Crippen molar-refractivity contribution in [3.63, 3.8) is 0 Å². The number of Topliss-reactive ketones (excluding diaryl/α,β-unsaturated/α-hetero) is 2. The number of likely N-dealkylation sites (N-methyl/N-ethyl adjacent to an activating group) is 1. The summed E-state index contributed by atoms with van der Waals surface area (Å²) in [5.41, 5.74) is 0. The number of carboxylic acids is 1. The van der Waals surface area contributed by atoms with Crippen LogP contribution in [0.25, 0.3) is 0 Å². The highest BCUT2D eigenvalue weighted by Crippen LogP contribution is 2.09. The average Bonchev–Trinajstić information content (AvgIpc) is 2.33. The summed E-state index contributed by atoms with van der Waals surface area (Å²) in [6, 6.07) is 0. The molecule has 0 aliphatic carbocycles. The second-order valence-corrected chi connectivity index (χ2v) is 7.02. The van der Waals surface area contributed by atoms with Crippen LogP contribution in [0.3, 0.4) is 0 Å². The maximum Gasteiger partial charge on any atom is 0.307 e. The quantitative estimate of drug-likeness (QED) is 0.345. The molecule has 0 aliphatic rings. The number of hydrogen-bond donors (Lipinski definition) is 1. The van der Waals surface area contributed by atoms with Crippen LogP contribution in [0, 0.1) is 5.92 Å². The minimum Gasteiger partial charge on any atom is -0.481 e. The standard InChI is InChI=1S/C16H27NO6/c1-11(2)14(19)8-12(18)6-7-16(22)23-13(9-15(20)21)10-17(3,4)5/h11,13H,6-10H2,1-5H3/p+1/t13-/m0/s1. The van der Waals surface area contributed by atoms with Gasteiger partial charge in [0.2, 0.25) is 0 Å². The Morgan fingerprint density at radius 3 is 2.04 bits per heavy atom. The molecule has 0 rings (SSSR count). The van der Waals surface area contributed by atoms with Crippen molar-refractivity contribution < 1.29 is 33.5 Å².